The normalized spacial score (nSPS) is 14.6. The highest BCUT2D eigenvalue weighted by atomic mass is 16.5. The molecule has 0 spiro atoms. The van der Waals surface area contributed by atoms with Gasteiger partial charge in [-0.25, -0.2) is 0 Å². The van der Waals surface area contributed by atoms with Crippen molar-refractivity contribution in [2.24, 2.45) is 5.92 Å². The molecule has 1 aromatic carbocycles. The molecule has 0 aliphatic heterocycles. The molecule has 0 radical (unpaired) electrons. The largest absolute Gasteiger partial charge is 0.494 e. The third kappa shape index (κ3) is 9.69. The number of ether oxygens (including phenoxy) is 1. The van der Waals surface area contributed by atoms with Gasteiger partial charge in [0, 0.05) is 25.1 Å². The zero-order valence-electron chi connectivity index (χ0n) is 17.8. The minimum Gasteiger partial charge on any atom is -0.494 e. The van der Waals surface area contributed by atoms with Gasteiger partial charge in [-0.3, -0.25) is 14.4 Å². The first kappa shape index (κ1) is 24.5. The Hall–Kier alpha value is -2.81. The summed E-state index contributed by atoms with van der Waals surface area (Å²) in [7, 11) is 0. The molecular weight excluding hydrogens is 402 g/mol. The minimum atomic E-state index is -0.968. The summed E-state index contributed by atoms with van der Waals surface area (Å²) in [5.41, 5.74) is 0.609. The Morgan fingerprint density at radius 1 is 1.10 bits per heavy atom. The fourth-order valence-corrected chi connectivity index (χ4v) is 3.54. The quantitative estimate of drug-likeness (QED) is 0.222. The minimum absolute atomic E-state index is 0.0463. The molecule has 1 unspecified atom stereocenters. The van der Waals surface area contributed by atoms with Crippen LogP contribution in [0, 0.1) is 5.92 Å². The van der Waals surface area contributed by atoms with Crippen LogP contribution in [0.3, 0.4) is 0 Å². The molecule has 5 N–H and O–H groups in total. The van der Waals surface area contributed by atoms with Crippen molar-refractivity contribution in [3.8, 4) is 5.75 Å². The molecule has 9 nitrogen and oxygen atoms in total. The van der Waals surface area contributed by atoms with E-state index in [4.69, 9.17) is 14.9 Å². The van der Waals surface area contributed by atoms with Gasteiger partial charge in [-0.05, 0) is 43.0 Å². The highest BCUT2D eigenvalue weighted by molar-refractivity contribution is 5.89. The molecule has 0 saturated heterocycles. The summed E-state index contributed by atoms with van der Waals surface area (Å²) in [4.78, 5) is 35.3. The number of nitrogens with one attached hydrogen (secondary N) is 3. The van der Waals surface area contributed by atoms with Gasteiger partial charge in [-0.1, -0.05) is 25.7 Å². The number of hydrogen-bond acceptors (Lipinski definition) is 6. The van der Waals surface area contributed by atoms with E-state index in [9.17, 15) is 14.4 Å². The standard InChI is InChI=1S/C22H33N3O6/c26-14-13-23-22(30)21(25-19(27)12-7-16-4-1-2-5-16)24-17-8-10-18(11-9-17)31-15-3-6-20(28)29/h8-11,16,21,24,26H,1-7,12-15H2,(H,23,30)(H,25,27)(H,28,29). The molecule has 1 aliphatic carbocycles. The molecule has 2 rings (SSSR count). The first-order chi connectivity index (χ1) is 15.0. The van der Waals surface area contributed by atoms with Gasteiger partial charge in [0.05, 0.1) is 13.2 Å². The van der Waals surface area contributed by atoms with Crippen molar-refractivity contribution in [1.29, 1.82) is 0 Å². The van der Waals surface area contributed by atoms with E-state index in [0.29, 0.717) is 36.8 Å². The number of carboxylic acid groups (broad SMARTS) is 1. The predicted molar refractivity (Wildman–Crippen MR) is 116 cm³/mol. The van der Waals surface area contributed by atoms with Gasteiger partial charge in [0.15, 0.2) is 6.17 Å². The number of benzene rings is 1. The Balaban J connectivity index is 1.87. The van der Waals surface area contributed by atoms with Crippen molar-refractivity contribution < 1.29 is 29.3 Å². The first-order valence-electron chi connectivity index (χ1n) is 10.9. The monoisotopic (exact) mass is 435 g/mol. The second-order valence-electron chi connectivity index (χ2n) is 7.72. The van der Waals surface area contributed by atoms with E-state index in [0.717, 1.165) is 19.3 Å². The fraction of sp³-hybridized carbons (Fsp3) is 0.591. The summed E-state index contributed by atoms with van der Waals surface area (Å²) in [6.07, 6.45) is 5.46. The number of hydrogen-bond donors (Lipinski definition) is 5. The second-order valence-corrected chi connectivity index (χ2v) is 7.72. The maximum absolute atomic E-state index is 12.4. The van der Waals surface area contributed by atoms with E-state index in [1.165, 1.54) is 12.8 Å². The van der Waals surface area contributed by atoms with E-state index in [-0.39, 0.29) is 25.5 Å². The van der Waals surface area contributed by atoms with E-state index in [1.54, 1.807) is 24.3 Å². The van der Waals surface area contributed by atoms with Crippen LogP contribution in [-0.4, -0.2) is 53.9 Å². The Kier molecular flexibility index (Phi) is 10.6. The van der Waals surface area contributed by atoms with Crippen LogP contribution in [0.15, 0.2) is 24.3 Å². The van der Waals surface area contributed by atoms with Crippen LogP contribution in [0.5, 0.6) is 5.75 Å². The van der Waals surface area contributed by atoms with Crippen molar-refractivity contribution in [3.63, 3.8) is 0 Å². The van der Waals surface area contributed by atoms with E-state index >= 15 is 0 Å². The van der Waals surface area contributed by atoms with Crippen molar-refractivity contribution in [3.05, 3.63) is 24.3 Å². The highest BCUT2D eigenvalue weighted by Crippen LogP contribution is 2.28. The number of rotatable bonds is 14. The molecule has 31 heavy (non-hydrogen) atoms. The van der Waals surface area contributed by atoms with Gasteiger partial charge in [0.1, 0.15) is 5.75 Å². The third-order valence-corrected chi connectivity index (χ3v) is 5.20. The number of anilines is 1. The molecule has 1 saturated carbocycles. The molecule has 0 heterocycles. The van der Waals surface area contributed by atoms with E-state index in [1.807, 2.05) is 0 Å². The summed E-state index contributed by atoms with van der Waals surface area (Å²) in [5.74, 6) is -0.320. The number of aliphatic hydroxyl groups is 1. The number of aliphatic carboxylic acids is 1. The summed E-state index contributed by atoms with van der Waals surface area (Å²) in [5, 5.41) is 25.9. The molecule has 9 heteroatoms. The fourth-order valence-electron chi connectivity index (χ4n) is 3.54. The van der Waals surface area contributed by atoms with Gasteiger partial charge >= 0.3 is 5.97 Å². The van der Waals surface area contributed by atoms with Crippen LogP contribution in [0.25, 0.3) is 0 Å². The number of aliphatic hydroxyl groups excluding tert-OH is 1. The SMILES string of the molecule is O=C(O)CCCOc1ccc(NC(NC(=O)CCC2CCCC2)C(=O)NCCO)cc1. The van der Waals surface area contributed by atoms with Gasteiger partial charge in [0.25, 0.3) is 5.91 Å². The lowest BCUT2D eigenvalue weighted by molar-refractivity contribution is -0.137. The number of carbonyl (C=O) groups excluding carboxylic acids is 2. The molecule has 1 aromatic rings. The molecule has 172 valence electrons. The maximum Gasteiger partial charge on any atom is 0.303 e. The van der Waals surface area contributed by atoms with Crippen molar-refractivity contribution >= 4 is 23.5 Å². The van der Waals surface area contributed by atoms with Gasteiger partial charge in [-0.2, -0.15) is 0 Å². The lowest BCUT2D eigenvalue weighted by Crippen LogP contribution is -2.51. The number of amides is 2. The number of carboxylic acids is 1. The molecule has 1 atom stereocenters. The Morgan fingerprint density at radius 3 is 2.45 bits per heavy atom. The summed E-state index contributed by atoms with van der Waals surface area (Å²) < 4.78 is 5.49. The van der Waals surface area contributed by atoms with Gasteiger partial charge < -0.3 is 30.9 Å². The van der Waals surface area contributed by atoms with E-state index in [2.05, 4.69) is 16.0 Å². The molecule has 1 aliphatic rings. The van der Waals surface area contributed by atoms with Gasteiger partial charge in [-0.15, -0.1) is 0 Å². The smallest absolute Gasteiger partial charge is 0.303 e. The van der Waals surface area contributed by atoms with Crippen LogP contribution in [-0.2, 0) is 14.4 Å². The Labute approximate surface area is 182 Å². The lowest BCUT2D eigenvalue weighted by atomic mass is 10.0. The third-order valence-electron chi connectivity index (χ3n) is 5.20. The average molecular weight is 436 g/mol. The molecular formula is C22H33N3O6. The summed E-state index contributed by atoms with van der Waals surface area (Å²) in [6.45, 7) is 0.197. The van der Waals surface area contributed by atoms with Gasteiger partial charge in [0.2, 0.25) is 5.91 Å². The van der Waals surface area contributed by atoms with Crippen LogP contribution < -0.4 is 20.7 Å². The number of carbonyl (C=O) groups is 3. The maximum atomic E-state index is 12.4. The van der Waals surface area contributed by atoms with Crippen molar-refractivity contribution in [1.82, 2.24) is 10.6 Å². The molecule has 0 aromatic heterocycles. The molecule has 1 fully saturated rings. The summed E-state index contributed by atoms with van der Waals surface area (Å²) in [6, 6.07) is 6.83. The Bertz CT molecular complexity index is 704. The van der Waals surface area contributed by atoms with Crippen LogP contribution >= 0.6 is 0 Å². The predicted octanol–water partition coefficient (Wildman–Crippen LogP) is 1.86. The van der Waals surface area contributed by atoms with E-state index < -0.39 is 18.0 Å². The Morgan fingerprint density at radius 2 is 1.81 bits per heavy atom. The summed E-state index contributed by atoms with van der Waals surface area (Å²) >= 11 is 0. The van der Waals surface area contributed by atoms with Crippen LogP contribution in [0.2, 0.25) is 0 Å². The highest BCUT2D eigenvalue weighted by Gasteiger charge is 2.22. The molecule has 2 amide bonds. The van der Waals surface area contributed by atoms with Crippen molar-refractivity contribution in [2.45, 2.75) is 57.5 Å². The van der Waals surface area contributed by atoms with Crippen molar-refractivity contribution in [2.75, 3.05) is 25.1 Å². The topological polar surface area (TPSA) is 137 Å². The average Bonchev–Trinajstić information content (AvgIpc) is 3.28. The second kappa shape index (κ2) is 13.5. The van der Waals surface area contributed by atoms with Crippen LogP contribution in [0.4, 0.5) is 5.69 Å². The zero-order valence-corrected chi connectivity index (χ0v) is 17.8. The zero-order chi connectivity index (χ0) is 22.5. The first-order valence-corrected chi connectivity index (χ1v) is 10.9. The lowest BCUT2D eigenvalue weighted by Gasteiger charge is -2.21. The molecule has 0 bridgehead atoms. The van der Waals surface area contributed by atoms with Crippen LogP contribution in [0.1, 0.15) is 51.4 Å².